The van der Waals surface area contributed by atoms with Crippen LogP contribution in [0, 0.1) is 11.6 Å². The van der Waals surface area contributed by atoms with E-state index in [0.29, 0.717) is 17.7 Å². The SMILES string of the molecule is CC(NCc1ccccc1F)c1ccc(O)cc1F. The van der Waals surface area contributed by atoms with Crippen molar-refractivity contribution in [2.45, 2.75) is 19.5 Å². The maximum atomic E-state index is 13.6. The first kappa shape index (κ1) is 13.5. The Morgan fingerprint density at radius 2 is 1.84 bits per heavy atom. The summed E-state index contributed by atoms with van der Waals surface area (Å²) < 4.78 is 27.1. The molecule has 0 aromatic heterocycles. The van der Waals surface area contributed by atoms with E-state index in [1.54, 1.807) is 25.1 Å². The molecule has 4 heteroatoms. The highest BCUT2D eigenvalue weighted by Crippen LogP contribution is 2.21. The Hall–Kier alpha value is -1.94. The van der Waals surface area contributed by atoms with E-state index in [1.165, 1.54) is 18.2 Å². The molecule has 2 aromatic carbocycles. The molecular formula is C15H15F2NO. The van der Waals surface area contributed by atoms with Crippen LogP contribution < -0.4 is 5.32 Å². The quantitative estimate of drug-likeness (QED) is 0.884. The van der Waals surface area contributed by atoms with Crippen molar-refractivity contribution in [2.24, 2.45) is 0 Å². The number of phenols is 1. The van der Waals surface area contributed by atoms with Crippen LogP contribution >= 0.6 is 0 Å². The molecule has 0 heterocycles. The molecule has 1 atom stereocenters. The van der Waals surface area contributed by atoms with Crippen LogP contribution in [0.2, 0.25) is 0 Å². The molecule has 2 nitrogen and oxygen atoms in total. The van der Waals surface area contributed by atoms with Crippen molar-refractivity contribution in [3.63, 3.8) is 0 Å². The molecular weight excluding hydrogens is 248 g/mol. The van der Waals surface area contributed by atoms with Gasteiger partial charge >= 0.3 is 0 Å². The van der Waals surface area contributed by atoms with Crippen LogP contribution in [0.15, 0.2) is 42.5 Å². The first-order valence-corrected chi connectivity index (χ1v) is 6.03. The molecule has 2 rings (SSSR count). The zero-order chi connectivity index (χ0) is 13.8. The highest BCUT2D eigenvalue weighted by atomic mass is 19.1. The molecule has 0 aliphatic rings. The van der Waals surface area contributed by atoms with Gasteiger partial charge in [-0.3, -0.25) is 0 Å². The van der Waals surface area contributed by atoms with Crippen LogP contribution in [0.5, 0.6) is 5.75 Å². The molecule has 0 spiro atoms. The Kier molecular flexibility index (Phi) is 4.12. The van der Waals surface area contributed by atoms with E-state index in [9.17, 15) is 8.78 Å². The van der Waals surface area contributed by atoms with Crippen molar-refractivity contribution < 1.29 is 13.9 Å². The van der Waals surface area contributed by atoms with Gasteiger partial charge in [0.05, 0.1) is 0 Å². The minimum atomic E-state index is -0.478. The number of phenolic OH excluding ortho intramolecular Hbond substituents is 1. The second kappa shape index (κ2) is 5.80. The molecule has 0 aliphatic heterocycles. The van der Waals surface area contributed by atoms with Crippen molar-refractivity contribution in [1.29, 1.82) is 0 Å². The van der Waals surface area contributed by atoms with Crippen molar-refractivity contribution in [1.82, 2.24) is 5.32 Å². The summed E-state index contributed by atoms with van der Waals surface area (Å²) in [5.41, 5.74) is 0.975. The molecule has 2 N–H and O–H groups in total. The van der Waals surface area contributed by atoms with E-state index in [1.807, 2.05) is 0 Å². The van der Waals surface area contributed by atoms with Crippen LogP contribution in [-0.2, 0) is 6.54 Å². The molecule has 0 saturated carbocycles. The summed E-state index contributed by atoms with van der Waals surface area (Å²) >= 11 is 0. The average Bonchev–Trinajstić information content (AvgIpc) is 2.37. The summed E-state index contributed by atoms with van der Waals surface area (Å²) in [6.45, 7) is 2.10. The molecule has 0 aliphatic carbocycles. The van der Waals surface area contributed by atoms with Gasteiger partial charge in [-0.25, -0.2) is 8.78 Å². The molecule has 0 fully saturated rings. The summed E-state index contributed by atoms with van der Waals surface area (Å²) in [7, 11) is 0. The van der Waals surface area contributed by atoms with Gasteiger partial charge in [0.15, 0.2) is 0 Å². The number of hydrogen-bond donors (Lipinski definition) is 2. The zero-order valence-corrected chi connectivity index (χ0v) is 10.5. The smallest absolute Gasteiger partial charge is 0.131 e. The van der Waals surface area contributed by atoms with Gasteiger partial charge in [0.25, 0.3) is 0 Å². The summed E-state index contributed by atoms with van der Waals surface area (Å²) in [4.78, 5) is 0. The fourth-order valence-electron chi connectivity index (χ4n) is 1.88. The number of rotatable bonds is 4. The van der Waals surface area contributed by atoms with Crippen molar-refractivity contribution >= 4 is 0 Å². The highest BCUT2D eigenvalue weighted by molar-refractivity contribution is 5.29. The lowest BCUT2D eigenvalue weighted by Gasteiger charge is -2.15. The van der Waals surface area contributed by atoms with Crippen LogP contribution in [0.4, 0.5) is 8.78 Å². The Balaban J connectivity index is 2.05. The first-order chi connectivity index (χ1) is 9.08. The zero-order valence-electron chi connectivity index (χ0n) is 10.5. The average molecular weight is 263 g/mol. The van der Waals surface area contributed by atoms with E-state index in [0.717, 1.165) is 6.07 Å². The van der Waals surface area contributed by atoms with Gasteiger partial charge in [-0.1, -0.05) is 24.3 Å². The Morgan fingerprint density at radius 3 is 2.53 bits per heavy atom. The number of halogens is 2. The Morgan fingerprint density at radius 1 is 1.11 bits per heavy atom. The number of aromatic hydroxyl groups is 1. The topological polar surface area (TPSA) is 32.3 Å². The van der Waals surface area contributed by atoms with Crippen molar-refractivity contribution in [3.05, 3.63) is 65.2 Å². The summed E-state index contributed by atoms with van der Waals surface area (Å²) in [5.74, 6) is -0.871. The fraction of sp³-hybridized carbons (Fsp3) is 0.200. The molecule has 0 radical (unpaired) electrons. The van der Waals surface area contributed by atoms with Gasteiger partial charge in [0, 0.05) is 29.8 Å². The second-order valence-corrected chi connectivity index (χ2v) is 4.40. The third kappa shape index (κ3) is 3.29. The van der Waals surface area contributed by atoms with E-state index >= 15 is 0 Å². The summed E-state index contributed by atoms with van der Waals surface area (Å²) in [6.07, 6.45) is 0. The van der Waals surface area contributed by atoms with E-state index in [4.69, 9.17) is 5.11 Å². The predicted molar refractivity (Wildman–Crippen MR) is 69.7 cm³/mol. The van der Waals surface area contributed by atoms with Gasteiger partial charge in [-0.15, -0.1) is 0 Å². The third-order valence-electron chi connectivity index (χ3n) is 3.01. The maximum Gasteiger partial charge on any atom is 0.131 e. The van der Waals surface area contributed by atoms with Crippen LogP contribution in [0.25, 0.3) is 0 Å². The molecule has 0 amide bonds. The van der Waals surface area contributed by atoms with Crippen LogP contribution in [-0.4, -0.2) is 5.11 Å². The maximum absolute atomic E-state index is 13.6. The monoisotopic (exact) mass is 263 g/mol. The lowest BCUT2D eigenvalue weighted by Crippen LogP contribution is -2.19. The summed E-state index contributed by atoms with van der Waals surface area (Å²) in [6, 6.07) is 10.2. The molecule has 100 valence electrons. The van der Waals surface area contributed by atoms with Crippen LogP contribution in [0.1, 0.15) is 24.1 Å². The number of hydrogen-bond acceptors (Lipinski definition) is 2. The third-order valence-corrected chi connectivity index (χ3v) is 3.01. The Bertz CT molecular complexity index is 572. The van der Waals surface area contributed by atoms with Gasteiger partial charge in [-0.2, -0.15) is 0 Å². The molecule has 1 unspecified atom stereocenters. The predicted octanol–water partition coefficient (Wildman–Crippen LogP) is 3.52. The lowest BCUT2D eigenvalue weighted by atomic mass is 10.1. The second-order valence-electron chi connectivity index (χ2n) is 4.40. The molecule has 0 saturated heterocycles. The van der Waals surface area contributed by atoms with Gasteiger partial charge in [-0.05, 0) is 19.1 Å². The van der Waals surface area contributed by atoms with Crippen LogP contribution in [0.3, 0.4) is 0 Å². The van der Waals surface area contributed by atoms with Crippen molar-refractivity contribution in [2.75, 3.05) is 0 Å². The van der Waals surface area contributed by atoms with E-state index in [-0.39, 0.29) is 17.6 Å². The normalized spacial score (nSPS) is 12.4. The van der Waals surface area contributed by atoms with Gasteiger partial charge < -0.3 is 10.4 Å². The number of nitrogens with one attached hydrogen (secondary N) is 1. The van der Waals surface area contributed by atoms with Gasteiger partial charge in [0.2, 0.25) is 0 Å². The van der Waals surface area contributed by atoms with E-state index in [2.05, 4.69) is 5.32 Å². The van der Waals surface area contributed by atoms with E-state index < -0.39 is 5.82 Å². The number of benzene rings is 2. The minimum Gasteiger partial charge on any atom is -0.508 e. The van der Waals surface area contributed by atoms with Crippen molar-refractivity contribution in [3.8, 4) is 5.75 Å². The highest BCUT2D eigenvalue weighted by Gasteiger charge is 2.11. The first-order valence-electron chi connectivity index (χ1n) is 6.03. The standard InChI is InChI=1S/C15H15F2NO/c1-10(13-7-6-12(19)8-15(13)17)18-9-11-4-2-3-5-14(11)16/h2-8,10,18-19H,9H2,1H3. The molecule has 0 bridgehead atoms. The lowest BCUT2D eigenvalue weighted by molar-refractivity contribution is 0.463. The van der Waals surface area contributed by atoms with Gasteiger partial charge in [0.1, 0.15) is 17.4 Å². The molecule has 19 heavy (non-hydrogen) atoms. The largest absolute Gasteiger partial charge is 0.508 e. The Labute approximate surface area is 110 Å². The minimum absolute atomic E-state index is 0.109. The summed E-state index contributed by atoms with van der Waals surface area (Å²) in [5, 5.41) is 12.2. The molecule has 2 aromatic rings. The fourth-order valence-corrected chi connectivity index (χ4v) is 1.88.